The van der Waals surface area contributed by atoms with Gasteiger partial charge in [-0.2, -0.15) is 5.26 Å². The lowest BCUT2D eigenvalue weighted by Gasteiger charge is -2.34. The predicted molar refractivity (Wildman–Crippen MR) is 123 cm³/mol. The first kappa shape index (κ1) is 21.9. The molecule has 0 spiro atoms. The van der Waals surface area contributed by atoms with Gasteiger partial charge in [0.25, 0.3) is 0 Å². The lowest BCUT2D eigenvalue weighted by Crippen LogP contribution is -2.23. The van der Waals surface area contributed by atoms with Gasteiger partial charge < -0.3 is 5.32 Å². The molecule has 0 atom stereocenters. The van der Waals surface area contributed by atoms with Crippen LogP contribution in [-0.4, -0.2) is 15.0 Å². The zero-order valence-corrected chi connectivity index (χ0v) is 18.6. The molecule has 0 bridgehead atoms. The third-order valence-corrected chi connectivity index (χ3v) is 6.42. The van der Waals surface area contributed by atoms with Crippen molar-refractivity contribution in [1.82, 2.24) is 15.0 Å². The number of halogens is 1. The molecule has 0 saturated heterocycles. The molecule has 0 unspecified atom stereocenters. The SMILES string of the molecule is CC1(C)CCC(Cc2nc(NCc3cnccc3-c3ccc(F)cc3)ncc2C#N)CC1. The van der Waals surface area contributed by atoms with E-state index in [-0.39, 0.29) is 5.82 Å². The van der Waals surface area contributed by atoms with Crippen LogP contribution in [0.1, 0.15) is 56.4 Å². The minimum atomic E-state index is -0.262. The Balaban J connectivity index is 1.48. The van der Waals surface area contributed by atoms with E-state index >= 15 is 0 Å². The summed E-state index contributed by atoms with van der Waals surface area (Å²) in [4.78, 5) is 13.3. The molecule has 2 heterocycles. The highest BCUT2D eigenvalue weighted by atomic mass is 19.1. The van der Waals surface area contributed by atoms with Gasteiger partial charge in [-0.3, -0.25) is 4.98 Å². The molecule has 1 saturated carbocycles. The first-order valence-electron chi connectivity index (χ1n) is 11.1. The van der Waals surface area contributed by atoms with Crippen molar-refractivity contribution in [2.24, 2.45) is 11.3 Å². The van der Waals surface area contributed by atoms with E-state index < -0.39 is 0 Å². The summed E-state index contributed by atoms with van der Waals surface area (Å²) in [5.74, 6) is 0.799. The Morgan fingerprint density at radius 3 is 2.59 bits per heavy atom. The average Bonchev–Trinajstić information content (AvgIpc) is 2.80. The molecule has 164 valence electrons. The Labute approximate surface area is 188 Å². The van der Waals surface area contributed by atoms with Gasteiger partial charge in [0.15, 0.2) is 0 Å². The van der Waals surface area contributed by atoms with Crippen molar-refractivity contribution in [3.63, 3.8) is 0 Å². The molecule has 1 aromatic carbocycles. The van der Waals surface area contributed by atoms with Gasteiger partial charge in [-0.15, -0.1) is 0 Å². The summed E-state index contributed by atoms with van der Waals surface area (Å²) < 4.78 is 13.3. The summed E-state index contributed by atoms with van der Waals surface area (Å²) >= 11 is 0. The van der Waals surface area contributed by atoms with E-state index in [1.54, 1.807) is 30.7 Å². The van der Waals surface area contributed by atoms with Gasteiger partial charge in [0.2, 0.25) is 5.95 Å². The van der Waals surface area contributed by atoms with Crippen LogP contribution in [0.25, 0.3) is 11.1 Å². The maximum Gasteiger partial charge on any atom is 0.223 e. The van der Waals surface area contributed by atoms with Gasteiger partial charge in [-0.25, -0.2) is 14.4 Å². The molecule has 2 aromatic heterocycles. The van der Waals surface area contributed by atoms with Crippen LogP contribution in [0, 0.1) is 28.5 Å². The third-order valence-electron chi connectivity index (χ3n) is 6.42. The van der Waals surface area contributed by atoms with Gasteiger partial charge >= 0.3 is 0 Å². The summed E-state index contributed by atoms with van der Waals surface area (Å²) in [6, 6.07) is 10.6. The van der Waals surface area contributed by atoms with E-state index in [9.17, 15) is 9.65 Å². The van der Waals surface area contributed by atoms with Crippen LogP contribution in [-0.2, 0) is 13.0 Å². The summed E-state index contributed by atoms with van der Waals surface area (Å²) in [6.45, 7) is 5.13. The molecule has 3 aromatic rings. The molecular formula is C26H28FN5. The Morgan fingerprint density at radius 1 is 1.12 bits per heavy atom. The third kappa shape index (κ3) is 5.28. The highest BCUT2D eigenvalue weighted by Crippen LogP contribution is 2.39. The number of hydrogen-bond acceptors (Lipinski definition) is 5. The number of nitrogens with one attached hydrogen (secondary N) is 1. The molecule has 32 heavy (non-hydrogen) atoms. The maximum absolute atomic E-state index is 13.3. The molecular weight excluding hydrogens is 401 g/mol. The molecule has 0 aliphatic heterocycles. The van der Waals surface area contributed by atoms with Crippen LogP contribution in [0.2, 0.25) is 0 Å². The smallest absolute Gasteiger partial charge is 0.223 e. The average molecular weight is 430 g/mol. The van der Waals surface area contributed by atoms with E-state index in [2.05, 4.69) is 40.2 Å². The second-order valence-electron chi connectivity index (χ2n) is 9.37. The van der Waals surface area contributed by atoms with Gasteiger partial charge in [0.05, 0.1) is 17.5 Å². The van der Waals surface area contributed by atoms with Crippen molar-refractivity contribution < 1.29 is 4.39 Å². The monoisotopic (exact) mass is 429 g/mol. The summed E-state index contributed by atoms with van der Waals surface area (Å²) in [5, 5.41) is 12.8. The standard InChI is InChI=1S/C26H28FN5/c1-26(2)10-7-18(8-11-26)13-24-20(14-28)16-30-25(32-24)31-17-21-15-29-12-9-23(21)19-3-5-22(27)6-4-19/h3-6,9,12,15-16,18H,7-8,10-11,13,17H2,1-2H3,(H,30,31,32). The Bertz CT molecular complexity index is 1110. The zero-order valence-electron chi connectivity index (χ0n) is 18.6. The van der Waals surface area contributed by atoms with E-state index in [0.717, 1.165) is 28.8 Å². The highest BCUT2D eigenvalue weighted by molar-refractivity contribution is 5.67. The van der Waals surface area contributed by atoms with E-state index in [1.807, 2.05) is 6.07 Å². The Morgan fingerprint density at radius 2 is 1.88 bits per heavy atom. The lowest BCUT2D eigenvalue weighted by molar-refractivity contribution is 0.190. The van der Waals surface area contributed by atoms with Crippen LogP contribution < -0.4 is 5.32 Å². The molecule has 4 rings (SSSR count). The molecule has 6 heteroatoms. The quantitative estimate of drug-likeness (QED) is 0.526. The first-order chi connectivity index (χ1) is 15.4. The van der Waals surface area contributed by atoms with Crippen LogP contribution in [0.3, 0.4) is 0 Å². The number of nitrogens with zero attached hydrogens (tertiary/aromatic N) is 4. The van der Waals surface area contributed by atoms with Crippen molar-refractivity contribution >= 4 is 5.95 Å². The fourth-order valence-corrected chi connectivity index (χ4v) is 4.34. The van der Waals surface area contributed by atoms with Crippen LogP contribution in [0.5, 0.6) is 0 Å². The molecule has 1 N–H and O–H groups in total. The fraction of sp³-hybridized carbons (Fsp3) is 0.385. The molecule has 1 fully saturated rings. The molecule has 1 aliphatic rings. The summed E-state index contributed by atoms with van der Waals surface area (Å²) in [6.07, 6.45) is 10.7. The zero-order chi connectivity index (χ0) is 22.6. The first-order valence-corrected chi connectivity index (χ1v) is 11.1. The maximum atomic E-state index is 13.3. The predicted octanol–water partition coefficient (Wildman–Crippen LogP) is 5.92. The van der Waals surface area contributed by atoms with Crippen molar-refractivity contribution in [3.8, 4) is 17.2 Å². The fourth-order valence-electron chi connectivity index (χ4n) is 4.34. The van der Waals surface area contributed by atoms with Crippen LogP contribution in [0.15, 0.2) is 48.9 Å². The van der Waals surface area contributed by atoms with E-state index in [0.29, 0.717) is 29.4 Å². The number of rotatable bonds is 6. The topological polar surface area (TPSA) is 74.5 Å². The van der Waals surface area contributed by atoms with Crippen molar-refractivity contribution in [3.05, 3.63) is 71.6 Å². The van der Waals surface area contributed by atoms with Gasteiger partial charge in [-0.05, 0) is 78.3 Å². The van der Waals surface area contributed by atoms with Gasteiger partial charge in [0, 0.05) is 18.9 Å². The van der Waals surface area contributed by atoms with Gasteiger partial charge in [0.1, 0.15) is 11.9 Å². The van der Waals surface area contributed by atoms with Crippen molar-refractivity contribution in [2.75, 3.05) is 5.32 Å². The molecule has 1 aliphatic carbocycles. The summed E-state index contributed by atoms with van der Waals surface area (Å²) in [7, 11) is 0. The van der Waals surface area contributed by atoms with Gasteiger partial charge in [-0.1, -0.05) is 26.0 Å². The van der Waals surface area contributed by atoms with Crippen molar-refractivity contribution in [2.45, 2.75) is 52.5 Å². The minimum absolute atomic E-state index is 0.262. The summed E-state index contributed by atoms with van der Waals surface area (Å²) in [5.41, 5.74) is 4.65. The largest absolute Gasteiger partial charge is 0.350 e. The number of nitriles is 1. The second kappa shape index (κ2) is 9.44. The number of benzene rings is 1. The molecule has 5 nitrogen and oxygen atoms in total. The molecule has 0 amide bonds. The number of hydrogen-bond donors (Lipinski definition) is 1. The van der Waals surface area contributed by atoms with Crippen LogP contribution in [0.4, 0.5) is 10.3 Å². The number of pyridine rings is 1. The van der Waals surface area contributed by atoms with Crippen LogP contribution >= 0.6 is 0 Å². The number of anilines is 1. The minimum Gasteiger partial charge on any atom is -0.350 e. The molecule has 0 radical (unpaired) electrons. The highest BCUT2D eigenvalue weighted by Gasteiger charge is 2.27. The Kier molecular flexibility index (Phi) is 6.45. The van der Waals surface area contributed by atoms with E-state index in [4.69, 9.17) is 0 Å². The Hall–Kier alpha value is -3.33. The lowest BCUT2D eigenvalue weighted by atomic mass is 9.72. The second-order valence-corrected chi connectivity index (χ2v) is 9.37. The van der Waals surface area contributed by atoms with Crippen molar-refractivity contribution in [1.29, 1.82) is 5.26 Å². The van der Waals surface area contributed by atoms with E-state index in [1.165, 1.54) is 37.8 Å². The number of aromatic nitrogens is 3. The normalized spacial score (nSPS) is 15.8.